The first-order valence-corrected chi connectivity index (χ1v) is 5.72. The van der Waals surface area contributed by atoms with Crippen LogP contribution in [0.25, 0.3) is 0 Å². The quantitative estimate of drug-likeness (QED) is 0.660. The normalized spacial score (nSPS) is 10.1. The molecule has 2 aromatic rings. The third-order valence-electron chi connectivity index (χ3n) is 2.73. The lowest BCUT2D eigenvalue weighted by Gasteiger charge is -2.11. The van der Waals surface area contributed by atoms with E-state index in [0.29, 0.717) is 17.0 Å². The zero-order valence-electron chi connectivity index (χ0n) is 10.4. The minimum Gasteiger partial charge on any atom is -0.455 e. The van der Waals surface area contributed by atoms with E-state index in [1.165, 1.54) is 6.92 Å². The average molecular weight is 241 g/mol. The second-order valence-corrected chi connectivity index (χ2v) is 4.18. The van der Waals surface area contributed by atoms with Crippen LogP contribution in [0.3, 0.4) is 0 Å². The van der Waals surface area contributed by atoms with Crippen molar-refractivity contribution in [2.24, 2.45) is 0 Å². The second-order valence-electron chi connectivity index (χ2n) is 4.18. The van der Waals surface area contributed by atoms with Gasteiger partial charge in [0, 0.05) is 5.56 Å². The number of carbonyl (C=O) groups excluding carboxylic acids is 1. The number of hydrogen-bond acceptors (Lipinski definition) is 3. The zero-order valence-corrected chi connectivity index (χ0v) is 10.4. The molecular weight excluding hydrogens is 226 g/mol. The van der Waals surface area contributed by atoms with E-state index < -0.39 is 0 Å². The van der Waals surface area contributed by atoms with Crippen LogP contribution in [-0.2, 0) is 0 Å². The molecule has 0 unspecified atom stereocenters. The van der Waals surface area contributed by atoms with Gasteiger partial charge in [0.1, 0.15) is 11.5 Å². The van der Waals surface area contributed by atoms with Crippen molar-refractivity contribution >= 4 is 11.5 Å². The molecule has 2 N–H and O–H groups in total. The van der Waals surface area contributed by atoms with Gasteiger partial charge in [-0.15, -0.1) is 0 Å². The summed E-state index contributed by atoms with van der Waals surface area (Å²) in [5.74, 6) is 1.32. The standard InChI is InChI=1S/C15H15NO2/c1-10-5-3-4-6-14(10)18-15-8-7-12(11(2)17)9-13(15)16/h3-9H,16H2,1-2H3. The predicted octanol–water partition coefficient (Wildman–Crippen LogP) is 3.57. The monoisotopic (exact) mass is 241 g/mol. The molecule has 0 bridgehead atoms. The van der Waals surface area contributed by atoms with Gasteiger partial charge in [0.2, 0.25) is 0 Å². The van der Waals surface area contributed by atoms with Crippen molar-refractivity contribution in [1.29, 1.82) is 0 Å². The van der Waals surface area contributed by atoms with Crippen LogP contribution in [-0.4, -0.2) is 5.78 Å². The topological polar surface area (TPSA) is 52.3 Å². The molecule has 0 aliphatic heterocycles. The van der Waals surface area contributed by atoms with Crippen molar-refractivity contribution in [3.8, 4) is 11.5 Å². The number of hydrogen-bond donors (Lipinski definition) is 1. The smallest absolute Gasteiger partial charge is 0.159 e. The van der Waals surface area contributed by atoms with Gasteiger partial charge in [-0.2, -0.15) is 0 Å². The molecule has 3 nitrogen and oxygen atoms in total. The van der Waals surface area contributed by atoms with Crippen LogP contribution in [0.2, 0.25) is 0 Å². The number of carbonyl (C=O) groups is 1. The van der Waals surface area contributed by atoms with Crippen LogP contribution in [0.1, 0.15) is 22.8 Å². The van der Waals surface area contributed by atoms with Crippen molar-refractivity contribution in [2.75, 3.05) is 5.73 Å². The van der Waals surface area contributed by atoms with Crippen molar-refractivity contribution in [3.05, 3.63) is 53.6 Å². The molecule has 18 heavy (non-hydrogen) atoms. The maximum Gasteiger partial charge on any atom is 0.159 e. The fourth-order valence-electron chi connectivity index (χ4n) is 1.65. The van der Waals surface area contributed by atoms with Crippen LogP contribution < -0.4 is 10.5 Å². The minimum absolute atomic E-state index is 0.0101. The van der Waals surface area contributed by atoms with E-state index in [0.717, 1.165) is 11.3 Å². The Morgan fingerprint density at radius 3 is 2.44 bits per heavy atom. The lowest BCUT2D eigenvalue weighted by Crippen LogP contribution is -1.97. The number of para-hydroxylation sites is 1. The third kappa shape index (κ3) is 2.51. The first kappa shape index (κ1) is 12.2. The fourth-order valence-corrected chi connectivity index (χ4v) is 1.65. The van der Waals surface area contributed by atoms with Gasteiger partial charge in [-0.3, -0.25) is 4.79 Å². The fraction of sp³-hybridized carbons (Fsp3) is 0.133. The summed E-state index contributed by atoms with van der Waals surface area (Å²) < 4.78 is 5.74. The average Bonchev–Trinajstić information content (AvgIpc) is 2.34. The summed E-state index contributed by atoms with van der Waals surface area (Å²) in [5, 5.41) is 0. The molecule has 0 atom stereocenters. The number of nitrogens with two attached hydrogens (primary N) is 1. The zero-order chi connectivity index (χ0) is 13.1. The molecule has 0 spiro atoms. The molecule has 3 heteroatoms. The van der Waals surface area contributed by atoms with E-state index in [-0.39, 0.29) is 5.78 Å². The summed E-state index contributed by atoms with van der Waals surface area (Å²) in [6, 6.07) is 12.8. The van der Waals surface area contributed by atoms with Crippen molar-refractivity contribution < 1.29 is 9.53 Å². The maximum absolute atomic E-state index is 11.2. The lowest BCUT2D eigenvalue weighted by atomic mass is 10.1. The third-order valence-corrected chi connectivity index (χ3v) is 2.73. The lowest BCUT2D eigenvalue weighted by molar-refractivity contribution is 0.101. The van der Waals surface area contributed by atoms with Gasteiger partial charge in [0.05, 0.1) is 5.69 Å². The van der Waals surface area contributed by atoms with Gasteiger partial charge in [0.15, 0.2) is 5.78 Å². The Bertz CT molecular complexity index is 591. The molecule has 92 valence electrons. The molecule has 2 rings (SSSR count). The van der Waals surface area contributed by atoms with E-state index in [4.69, 9.17) is 10.5 Å². The number of aryl methyl sites for hydroxylation is 1. The predicted molar refractivity (Wildman–Crippen MR) is 72.1 cm³/mol. The Morgan fingerprint density at radius 2 is 1.83 bits per heavy atom. The van der Waals surface area contributed by atoms with E-state index in [1.807, 2.05) is 31.2 Å². The summed E-state index contributed by atoms with van der Waals surface area (Å²) >= 11 is 0. The van der Waals surface area contributed by atoms with Crippen LogP contribution >= 0.6 is 0 Å². The van der Waals surface area contributed by atoms with Crippen molar-refractivity contribution in [2.45, 2.75) is 13.8 Å². The van der Waals surface area contributed by atoms with Gasteiger partial charge in [-0.05, 0) is 43.7 Å². The summed E-state index contributed by atoms with van der Waals surface area (Å²) in [4.78, 5) is 11.2. The first-order valence-electron chi connectivity index (χ1n) is 5.72. The molecule has 0 aromatic heterocycles. The Labute approximate surface area is 106 Å². The Hall–Kier alpha value is -2.29. The first-order chi connectivity index (χ1) is 8.58. The molecule has 0 heterocycles. The maximum atomic E-state index is 11.2. The van der Waals surface area contributed by atoms with Gasteiger partial charge in [-0.25, -0.2) is 0 Å². The van der Waals surface area contributed by atoms with Crippen LogP contribution in [0.15, 0.2) is 42.5 Å². The Balaban J connectivity index is 2.30. The molecule has 2 aromatic carbocycles. The molecule has 0 saturated heterocycles. The van der Waals surface area contributed by atoms with E-state index >= 15 is 0 Å². The van der Waals surface area contributed by atoms with Crippen LogP contribution in [0, 0.1) is 6.92 Å². The van der Waals surface area contributed by atoms with Crippen LogP contribution in [0.5, 0.6) is 11.5 Å². The van der Waals surface area contributed by atoms with E-state index in [9.17, 15) is 4.79 Å². The molecule has 0 aliphatic carbocycles. The number of anilines is 1. The number of nitrogen functional groups attached to an aromatic ring is 1. The summed E-state index contributed by atoms with van der Waals surface area (Å²) in [6.07, 6.45) is 0. The van der Waals surface area contributed by atoms with Crippen molar-refractivity contribution in [1.82, 2.24) is 0 Å². The largest absolute Gasteiger partial charge is 0.455 e. The molecular formula is C15H15NO2. The molecule has 0 amide bonds. The second kappa shape index (κ2) is 4.92. The highest BCUT2D eigenvalue weighted by Crippen LogP contribution is 2.30. The minimum atomic E-state index is -0.0101. The summed E-state index contributed by atoms with van der Waals surface area (Å²) in [6.45, 7) is 3.48. The molecule has 0 aliphatic rings. The number of ether oxygens (including phenoxy) is 1. The number of rotatable bonds is 3. The number of benzene rings is 2. The van der Waals surface area contributed by atoms with Crippen LogP contribution in [0.4, 0.5) is 5.69 Å². The van der Waals surface area contributed by atoms with Gasteiger partial charge < -0.3 is 10.5 Å². The van der Waals surface area contributed by atoms with Gasteiger partial charge in [0.25, 0.3) is 0 Å². The summed E-state index contributed by atoms with van der Waals surface area (Å²) in [5.41, 5.74) is 7.97. The highest BCUT2D eigenvalue weighted by Gasteiger charge is 2.07. The SMILES string of the molecule is CC(=O)c1ccc(Oc2ccccc2C)c(N)c1. The summed E-state index contributed by atoms with van der Waals surface area (Å²) in [7, 11) is 0. The van der Waals surface area contributed by atoms with Crippen molar-refractivity contribution in [3.63, 3.8) is 0 Å². The molecule has 0 fully saturated rings. The van der Waals surface area contributed by atoms with E-state index in [1.54, 1.807) is 18.2 Å². The number of ketones is 1. The highest BCUT2D eigenvalue weighted by molar-refractivity contribution is 5.95. The Morgan fingerprint density at radius 1 is 1.11 bits per heavy atom. The van der Waals surface area contributed by atoms with Gasteiger partial charge >= 0.3 is 0 Å². The molecule has 0 radical (unpaired) electrons. The van der Waals surface area contributed by atoms with Gasteiger partial charge in [-0.1, -0.05) is 18.2 Å². The Kier molecular flexibility index (Phi) is 3.33. The molecule has 0 saturated carbocycles. The highest BCUT2D eigenvalue weighted by atomic mass is 16.5. The van der Waals surface area contributed by atoms with E-state index in [2.05, 4.69) is 0 Å². The number of Topliss-reactive ketones (excluding diaryl/α,β-unsaturated/α-hetero) is 1.